The minimum absolute atomic E-state index is 0.0206. The minimum atomic E-state index is -0.406. The van der Waals surface area contributed by atoms with Crippen LogP contribution in [0.15, 0.2) is 42.5 Å². The summed E-state index contributed by atoms with van der Waals surface area (Å²) in [4.78, 5) is 29.8. The summed E-state index contributed by atoms with van der Waals surface area (Å²) in [7, 11) is 0. The van der Waals surface area contributed by atoms with E-state index in [-0.39, 0.29) is 17.4 Å². The van der Waals surface area contributed by atoms with Gasteiger partial charge in [-0.05, 0) is 43.5 Å². The highest BCUT2D eigenvalue weighted by molar-refractivity contribution is 5.96. The van der Waals surface area contributed by atoms with Crippen molar-refractivity contribution in [3.05, 3.63) is 64.0 Å². The van der Waals surface area contributed by atoms with Gasteiger partial charge in [-0.2, -0.15) is 0 Å². The molecule has 2 heterocycles. The van der Waals surface area contributed by atoms with Gasteiger partial charge < -0.3 is 14.7 Å². The predicted molar refractivity (Wildman–Crippen MR) is 114 cm³/mol. The van der Waals surface area contributed by atoms with E-state index in [1.165, 1.54) is 12.1 Å². The van der Waals surface area contributed by atoms with E-state index in [4.69, 9.17) is 0 Å². The van der Waals surface area contributed by atoms with Crippen molar-refractivity contribution in [2.75, 3.05) is 49.1 Å². The summed E-state index contributed by atoms with van der Waals surface area (Å²) in [5, 5.41) is 11.7. The summed E-state index contributed by atoms with van der Waals surface area (Å²) in [5.41, 5.74) is 1.42. The van der Waals surface area contributed by atoms with Crippen LogP contribution >= 0.6 is 0 Å². The first kappa shape index (κ1) is 20.1. The first-order chi connectivity index (χ1) is 14.5. The van der Waals surface area contributed by atoms with E-state index in [1.54, 1.807) is 35.2 Å². The van der Waals surface area contributed by atoms with Crippen LogP contribution < -0.4 is 9.80 Å². The number of benzene rings is 2. The quantitative estimate of drug-likeness (QED) is 0.566. The van der Waals surface area contributed by atoms with E-state index in [0.29, 0.717) is 43.1 Å². The van der Waals surface area contributed by atoms with Crippen molar-refractivity contribution in [3.8, 4) is 0 Å². The van der Waals surface area contributed by atoms with E-state index in [9.17, 15) is 19.3 Å². The Morgan fingerprint density at radius 2 is 1.53 bits per heavy atom. The van der Waals surface area contributed by atoms with Gasteiger partial charge in [0.05, 0.1) is 10.6 Å². The Labute approximate surface area is 174 Å². The number of rotatable bonds is 4. The Morgan fingerprint density at radius 3 is 2.20 bits per heavy atom. The molecule has 8 heteroatoms. The second-order valence-corrected chi connectivity index (χ2v) is 7.74. The number of para-hydroxylation sites is 1. The van der Waals surface area contributed by atoms with Crippen LogP contribution in [0.5, 0.6) is 0 Å². The summed E-state index contributed by atoms with van der Waals surface area (Å²) in [6.45, 7) is 3.50. The highest BCUT2D eigenvalue weighted by Gasteiger charge is 2.27. The molecule has 0 unspecified atom stereocenters. The zero-order valence-corrected chi connectivity index (χ0v) is 16.8. The van der Waals surface area contributed by atoms with Crippen molar-refractivity contribution >= 4 is 23.0 Å². The maximum Gasteiger partial charge on any atom is 0.293 e. The van der Waals surface area contributed by atoms with Crippen LogP contribution in [-0.4, -0.2) is 55.0 Å². The molecule has 2 saturated heterocycles. The molecule has 2 aromatic rings. The van der Waals surface area contributed by atoms with Crippen LogP contribution in [0.4, 0.5) is 21.5 Å². The molecule has 4 rings (SSSR count). The molecule has 2 fully saturated rings. The third-order valence-electron chi connectivity index (χ3n) is 5.88. The van der Waals surface area contributed by atoms with Gasteiger partial charge in [0.1, 0.15) is 11.5 Å². The van der Waals surface area contributed by atoms with Crippen LogP contribution in [0.2, 0.25) is 0 Å². The standard InChI is InChI=1S/C22H25FN4O3/c23-18-6-2-3-7-19(18)25-12-14-26(15-13-25)22(28)17-8-9-20(21(16-17)27(29)30)24-10-4-1-5-11-24/h2-3,6-9,16H,1,4-5,10-15H2. The molecule has 0 radical (unpaired) electrons. The zero-order chi connectivity index (χ0) is 21.1. The van der Waals surface area contributed by atoms with Crippen molar-refractivity contribution in [2.24, 2.45) is 0 Å². The number of amides is 1. The summed E-state index contributed by atoms with van der Waals surface area (Å²) in [6.07, 6.45) is 3.17. The highest BCUT2D eigenvalue weighted by atomic mass is 19.1. The molecule has 0 aromatic heterocycles. The van der Waals surface area contributed by atoms with E-state index in [1.807, 2.05) is 9.80 Å². The third-order valence-corrected chi connectivity index (χ3v) is 5.88. The van der Waals surface area contributed by atoms with Gasteiger partial charge in [0, 0.05) is 50.9 Å². The lowest BCUT2D eigenvalue weighted by molar-refractivity contribution is -0.384. The van der Waals surface area contributed by atoms with Gasteiger partial charge in [0.25, 0.3) is 11.6 Å². The molecule has 7 nitrogen and oxygen atoms in total. The van der Waals surface area contributed by atoms with E-state index in [0.717, 1.165) is 32.4 Å². The number of anilines is 2. The summed E-state index contributed by atoms with van der Waals surface area (Å²) >= 11 is 0. The van der Waals surface area contributed by atoms with Gasteiger partial charge in [-0.15, -0.1) is 0 Å². The Bertz CT molecular complexity index is 938. The third kappa shape index (κ3) is 4.08. The molecular weight excluding hydrogens is 387 g/mol. The first-order valence-electron chi connectivity index (χ1n) is 10.4. The fraction of sp³-hybridized carbons (Fsp3) is 0.409. The first-order valence-corrected chi connectivity index (χ1v) is 10.4. The molecule has 2 aliphatic rings. The lowest BCUT2D eigenvalue weighted by Gasteiger charge is -2.36. The molecule has 1 amide bonds. The lowest BCUT2D eigenvalue weighted by atomic mass is 10.1. The molecule has 0 spiro atoms. The van der Waals surface area contributed by atoms with E-state index < -0.39 is 4.92 Å². The number of halogens is 1. The number of nitrogens with zero attached hydrogens (tertiary/aromatic N) is 4. The molecule has 0 aliphatic carbocycles. The molecule has 2 aliphatic heterocycles. The molecule has 0 atom stereocenters. The Balaban J connectivity index is 1.48. The minimum Gasteiger partial charge on any atom is -0.366 e. The topological polar surface area (TPSA) is 69.9 Å². The highest BCUT2D eigenvalue weighted by Crippen LogP contribution is 2.32. The molecule has 0 saturated carbocycles. The van der Waals surface area contributed by atoms with Crippen LogP contribution in [0.1, 0.15) is 29.6 Å². The lowest BCUT2D eigenvalue weighted by Crippen LogP contribution is -2.49. The summed E-state index contributed by atoms with van der Waals surface area (Å²) in [6, 6.07) is 11.4. The smallest absolute Gasteiger partial charge is 0.293 e. The van der Waals surface area contributed by atoms with Crippen molar-refractivity contribution in [1.29, 1.82) is 0 Å². The van der Waals surface area contributed by atoms with Crippen molar-refractivity contribution in [1.82, 2.24) is 4.90 Å². The van der Waals surface area contributed by atoms with Crippen molar-refractivity contribution in [3.63, 3.8) is 0 Å². The molecule has 2 aromatic carbocycles. The molecular formula is C22H25FN4O3. The van der Waals surface area contributed by atoms with Gasteiger partial charge in [-0.1, -0.05) is 12.1 Å². The van der Waals surface area contributed by atoms with Crippen LogP contribution in [0, 0.1) is 15.9 Å². The van der Waals surface area contributed by atoms with E-state index >= 15 is 0 Å². The molecule has 0 N–H and O–H groups in total. The Morgan fingerprint density at radius 1 is 0.867 bits per heavy atom. The van der Waals surface area contributed by atoms with Crippen LogP contribution in [0.25, 0.3) is 0 Å². The van der Waals surface area contributed by atoms with Crippen LogP contribution in [-0.2, 0) is 0 Å². The number of hydrogen-bond donors (Lipinski definition) is 0. The summed E-state index contributed by atoms with van der Waals surface area (Å²) < 4.78 is 14.0. The van der Waals surface area contributed by atoms with Gasteiger partial charge in [0.2, 0.25) is 0 Å². The SMILES string of the molecule is O=C(c1ccc(N2CCCCC2)c([N+](=O)[O-])c1)N1CCN(c2ccccc2F)CC1. The molecule has 30 heavy (non-hydrogen) atoms. The van der Waals surface area contributed by atoms with Crippen molar-refractivity contribution in [2.45, 2.75) is 19.3 Å². The zero-order valence-electron chi connectivity index (χ0n) is 16.8. The summed E-state index contributed by atoms with van der Waals surface area (Å²) in [5.74, 6) is -0.502. The number of nitro groups is 1. The maximum absolute atomic E-state index is 14.0. The number of carbonyl (C=O) groups is 1. The Kier molecular flexibility index (Phi) is 5.83. The number of nitro benzene ring substituents is 1. The molecule has 0 bridgehead atoms. The average Bonchev–Trinajstić information content (AvgIpc) is 2.79. The van der Waals surface area contributed by atoms with Gasteiger partial charge >= 0.3 is 0 Å². The number of carbonyl (C=O) groups excluding carboxylic acids is 1. The second kappa shape index (κ2) is 8.69. The number of piperidine rings is 1. The normalized spacial score (nSPS) is 17.2. The molecule has 158 valence electrons. The second-order valence-electron chi connectivity index (χ2n) is 7.74. The average molecular weight is 412 g/mol. The maximum atomic E-state index is 14.0. The monoisotopic (exact) mass is 412 g/mol. The van der Waals surface area contributed by atoms with Crippen molar-refractivity contribution < 1.29 is 14.1 Å². The fourth-order valence-electron chi connectivity index (χ4n) is 4.25. The Hall–Kier alpha value is -3.16. The van der Waals surface area contributed by atoms with E-state index in [2.05, 4.69) is 0 Å². The van der Waals surface area contributed by atoms with Gasteiger partial charge in [-0.3, -0.25) is 14.9 Å². The largest absolute Gasteiger partial charge is 0.366 e. The number of piperazine rings is 1. The number of hydrogen-bond acceptors (Lipinski definition) is 5. The van der Waals surface area contributed by atoms with Crippen LogP contribution in [0.3, 0.4) is 0 Å². The van der Waals surface area contributed by atoms with Gasteiger partial charge in [0.15, 0.2) is 0 Å². The fourth-order valence-corrected chi connectivity index (χ4v) is 4.25. The van der Waals surface area contributed by atoms with Gasteiger partial charge in [-0.25, -0.2) is 4.39 Å². The predicted octanol–water partition coefficient (Wildman–Crippen LogP) is 3.69.